The van der Waals surface area contributed by atoms with Gasteiger partial charge in [-0.3, -0.25) is 9.69 Å². The van der Waals surface area contributed by atoms with Crippen LogP contribution in [-0.4, -0.2) is 34.6 Å². The van der Waals surface area contributed by atoms with Gasteiger partial charge in [0.2, 0.25) is 0 Å². The molecule has 0 amide bonds. The number of aliphatic carboxylic acids is 1. The van der Waals surface area contributed by atoms with Crippen LogP contribution >= 0.6 is 0 Å². The Morgan fingerprint density at radius 3 is 2.60 bits per heavy atom. The maximum atomic E-state index is 11.6. The quantitative estimate of drug-likeness (QED) is 0.852. The summed E-state index contributed by atoms with van der Waals surface area (Å²) in [4.78, 5) is 14.2. The lowest BCUT2D eigenvalue weighted by Crippen LogP contribution is -2.53. The van der Waals surface area contributed by atoms with E-state index in [9.17, 15) is 9.90 Å². The number of likely N-dealkylation sites (tertiary alicyclic amines) is 1. The molecule has 1 saturated carbocycles. The Labute approximate surface area is 123 Å². The lowest BCUT2D eigenvalue weighted by Gasteiger charge is -2.47. The average molecular weight is 281 g/mol. The van der Waals surface area contributed by atoms with Gasteiger partial charge in [-0.25, -0.2) is 0 Å². The van der Waals surface area contributed by atoms with E-state index in [0.29, 0.717) is 12.0 Å². The SMILES string of the molecule is CCCC1CCC(C(=O)O)C(N2CC(C)CCC2C)C1. The zero-order valence-corrected chi connectivity index (χ0v) is 13.3. The van der Waals surface area contributed by atoms with Crippen molar-refractivity contribution in [1.82, 2.24) is 4.90 Å². The molecule has 0 aromatic carbocycles. The molecule has 1 N–H and O–H groups in total. The van der Waals surface area contributed by atoms with Crippen LogP contribution < -0.4 is 0 Å². The normalized spacial score (nSPS) is 39.6. The first kappa shape index (κ1) is 15.8. The van der Waals surface area contributed by atoms with Gasteiger partial charge >= 0.3 is 5.97 Å². The molecule has 0 aromatic rings. The molecule has 1 aliphatic heterocycles. The largest absolute Gasteiger partial charge is 0.481 e. The van der Waals surface area contributed by atoms with E-state index >= 15 is 0 Å². The first-order valence-corrected chi connectivity index (χ1v) is 8.51. The summed E-state index contributed by atoms with van der Waals surface area (Å²) in [6.45, 7) is 7.92. The number of hydrogen-bond donors (Lipinski definition) is 1. The van der Waals surface area contributed by atoms with Crippen LogP contribution in [0.3, 0.4) is 0 Å². The summed E-state index contributed by atoms with van der Waals surface area (Å²) in [5.74, 6) is 0.739. The predicted molar refractivity (Wildman–Crippen MR) is 81.7 cm³/mol. The first-order valence-electron chi connectivity index (χ1n) is 8.51. The Morgan fingerprint density at radius 2 is 1.95 bits per heavy atom. The number of carboxylic acids is 1. The molecule has 3 nitrogen and oxygen atoms in total. The molecule has 1 saturated heterocycles. The molecule has 1 aliphatic carbocycles. The lowest BCUT2D eigenvalue weighted by molar-refractivity contribution is -0.147. The van der Waals surface area contributed by atoms with Crippen molar-refractivity contribution in [3.8, 4) is 0 Å². The fourth-order valence-corrected chi connectivity index (χ4v) is 4.34. The number of nitrogens with zero attached hydrogens (tertiary/aromatic N) is 1. The second-order valence-corrected chi connectivity index (χ2v) is 7.21. The van der Waals surface area contributed by atoms with E-state index in [-0.39, 0.29) is 12.0 Å². The van der Waals surface area contributed by atoms with Gasteiger partial charge in [0, 0.05) is 18.6 Å². The average Bonchev–Trinajstić information content (AvgIpc) is 2.41. The molecule has 0 aromatic heterocycles. The molecule has 5 unspecified atom stereocenters. The van der Waals surface area contributed by atoms with Crippen molar-refractivity contribution in [1.29, 1.82) is 0 Å². The van der Waals surface area contributed by atoms with Crippen molar-refractivity contribution < 1.29 is 9.90 Å². The molecule has 2 rings (SSSR count). The summed E-state index contributed by atoms with van der Waals surface area (Å²) in [6, 6.07) is 0.828. The van der Waals surface area contributed by atoms with Crippen LogP contribution in [0.4, 0.5) is 0 Å². The number of carboxylic acid groups (broad SMARTS) is 1. The molecule has 2 aliphatic rings. The molecule has 20 heavy (non-hydrogen) atoms. The Kier molecular flexibility index (Phi) is 5.48. The van der Waals surface area contributed by atoms with Crippen LogP contribution in [0.1, 0.15) is 65.7 Å². The number of hydrogen-bond acceptors (Lipinski definition) is 2. The van der Waals surface area contributed by atoms with Gasteiger partial charge in [-0.15, -0.1) is 0 Å². The van der Waals surface area contributed by atoms with Gasteiger partial charge in [-0.1, -0.05) is 26.7 Å². The highest BCUT2D eigenvalue weighted by atomic mass is 16.4. The van der Waals surface area contributed by atoms with Crippen LogP contribution in [0, 0.1) is 17.8 Å². The fraction of sp³-hybridized carbons (Fsp3) is 0.941. The third-order valence-corrected chi connectivity index (χ3v) is 5.53. The maximum absolute atomic E-state index is 11.6. The Morgan fingerprint density at radius 1 is 1.20 bits per heavy atom. The van der Waals surface area contributed by atoms with Gasteiger partial charge < -0.3 is 5.11 Å². The zero-order chi connectivity index (χ0) is 14.7. The zero-order valence-electron chi connectivity index (χ0n) is 13.3. The summed E-state index contributed by atoms with van der Waals surface area (Å²) in [6.07, 6.45) is 8.09. The first-order chi connectivity index (χ1) is 9.52. The molecular formula is C17H31NO2. The monoisotopic (exact) mass is 281 g/mol. The Bertz CT molecular complexity index is 331. The van der Waals surface area contributed by atoms with Gasteiger partial charge in [-0.2, -0.15) is 0 Å². The fourth-order valence-electron chi connectivity index (χ4n) is 4.34. The second kappa shape index (κ2) is 6.93. The highest BCUT2D eigenvalue weighted by Gasteiger charge is 2.40. The summed E-state index contributed by atoms with van der Waals surface area (Å²) in [5, 5.41) is 9.58. The summed E-state index contributed by atoms with van der Waals surface area (Å²) in [7, 11) is 0. The summed E-state index contributed by atoms with van der Waals surface area (Å²) >= 11 is 0. The van der Waals surface area contributed by atoms with E-state index < -0.39 is 5.97 Å². The molecule has 0 radical (unpaired) electrons. The minimum Gasteiger partial charge on any atom is -0.481 e. The van der Waals surface area contributed by atoms with Gasteiger partial charge in [0.1, 0.15) is 0 Å². The maximum Gasteiger partial charge on any atom is 0.308 e. The van der Waals surface area contributed by atoms with E-state index in [1.165, 1.54) is 25.7 Å². The van der Waals surface area contributed by atoms with Crippen molar-refractivity contribution in [2.24, 2.45) is 17.8 Å². The molecule has 2 fully saturated rings. The van der Waals surface area contributed by atoms with Crippen molar-refractivity contribution in [2.75, 3.05) is 6.54 Å². The van der Waals surface area contributed by atoms with Crippen LogP contribution in [0.5, 0.6) is 0 Å². The Balaban J connectivity index is 2.11. The van der Waals surface area contributed by atoms with Crippen molar-refractivity contribution in [2.45, 2.75) is 77.8 Å². The number of piperidine rings is 1. The van der Waals surface area contributed by atoms with Gasteiger partial charge in [0.05, 0.1) is 5.92 Å². The van der Waals surface area contributed by atoms with Gasteiger partial charge in [-0.05, 0) is 50.9 Å². The summed E-state index contributed by atoms with van der Waals surface area (Å²) in [5.41, 5.74) is 0. The van der Waals surface area contributed by atoms with E-state index in [2.05, 4.69) is 25.7 Å². The van der Waals surface area contributed by atoms with Crippen LogP contribution in [0.15, 0.2) is 0 Å². The van der Waals surface area contributed by atoms with E-state index in [0.717, 1.165) is 31.7 Å². The van der Waals surface area contributed by atoms with Crippen molar-refractivity contribution in [3.05, 3.63) is 0 Å². The van der Waals surface area contributed by atoms with Crippen LogP contribution in [-0.2, 0) is 4.79 Å². The van der Waals surface area contributed by atoms with E-state index in [1.807, 2.05) is 0 Å². The third kappa shape index (κ3) is 3.55. The molecule has 116 valence electrons. The predicted octanol–water partition coefficient (Wildman–Crippen LogP) is 3.78. The smallest absolute Gasteiger partial charge is 0.308 e. The minimum absolute atomic E-state index is 0.143. The van der Waals surface area contributed by atoms with Gasteiger partial charge in [0.15, 0.2) is 0 Å². The van der Waals surface area contributed by atoms with Gasteiger partial charge in [0.25, 0.3) is 0 Å². The lowest BCUT2D eigenvalue weighted by atomic mass is 9.74. The number of carbonyl (C=O) groups is 1. The van der Waals surface area contributed by atoms with Crippen LogP contribution in [0.2, 0.25) is 0 Å². The van der Waals surface area contributed by atoms with E-state index in [1.54, 1.807) is 0 Å². The highest BCUT2D eigenvalue weighted by molar-refractivity contribution is 5.71. The van der Waals surface area contributed by atoms with Crippen molar-refractivity contribution in [3.63, 3.8) is 0 Å². The highest BCUT2D eigenvalue weighted by Crippen LogP contribution is 2.38. The number of rotatable bonds is 4. The third-order valence-electron chi connectivity index (χ3n) is 5.53. The molecular weight excluding hydrogens is 250 g/mol. The summed E-state index contributed by atoms with van der Waals surface area (Å²) < 4.78 is 0. The molecule has 0 spiro atoms. The topological polar surface area (TPSA) is 40.5 Å². The Hall–Kier alpha value is -0.570. The molecule has 0 bridgehead atoms. The van der Waals surface area contributed by atoms with Crippen molar-refractivity contribution >= 4 is 5.97 Å². The second-order valence-electron chi connectivity index (χ2n) is 7.21. The minimum atomic E-state index is -0.574. The van der Waals surface area contributed by atoms with Crippen LogP contribution in [0.25, 0.3) is 0 Å². The standard InChI is InChI=1S/C17H31NO2/c1-4-5-14-8-9-15(17(19)20)16(10-14)18-11-12(2)6-7-13(18)3/h12-16H,4-11H2,1-3H3,(H,19,20). The molecule has 1 heterocycles. The molecule has 5 atom stereocenters. The molecule has 3 heteroatoms. The van der Waals surface area contributed by atoms with E-state index in [4.69, 9.17) is 0 Å².